The molecule has 10 nitrogen and oxygen atoms in total. The summed E-state index contributed by atoms with van der Waals surface area (Å²) in [5.41, 5.74) is 0.515. The van der Waals surface area contributed by atoms with E-state index >= 15 is 0 Å². The maximum absolute atomic E-state index is 12.0. The first-order valence-electron chi connectivity index (χ1n) is 9.45. The van der Waals surface area contributed by atoms with Gasteiger partial charge >= 0.3 is 12.1 Å². The lowest BCUT2D eigenvalue weighted by Crippen LogP contribution is -2.13. The summed E-state index contributed by atoms with van der Waals surface area (Å²) in [6.07, 6.45) is -0.435. The third-order valence-corrected chi connectivity index (χ3v) is 4.22. The van der Waals surface area contributed by atoms with Crippen LogP contribution in [0.1, 0.15) is 37.9 Å². The molecule has 2 rings (SSSR count). The Hall–Kier alpha value is -3.82. The average molecular weight is 433 g/mol. The summed E-state index contributed by atoms with van der Waals surface area (Å²) in [6.45, 7) is 1.99. The van der Waals surface area contributed by atoms with Gasteiger partial charge in [0.1, 0.15) is 11.9 Å². The van der Waals surface area contributed by atoms with Crippen molar-refractivity contribution in [2.45, 2.75) is 32.3 Å². The van der Waals surface area contributed by atoms with Crippen molar-refractivity contribution in [3.63, 3.8) is 0 Å². The van der Waals surface area contributed by atoms with E-state index in [2.05, 4.69) is 0 Å². The molecule has 10 heteroatoms. The molecule has 0 bridgehead atoms. The minimum atomic E-state index is -0.959. The van der Waals surface area contributed by atoms with Crippen LogP contribution in [0.4, 0.5) is 10.5 Å². The first-order valence-corrected chi connectivity index (χ1v) is 9.45. The number of carbonyl (C=O) groups excluding carboxylic acids is 1. The standard InChI is InChI=1S/C21H23NO9/c1-14(30-21(25)31-17-9-7-16(8-10-17)22(26)27)15-6-11-18(19(13-15)28-2)29-12-4-3-5-20(23)24/h6-11,13-14H,3-5,12H2,1-2H3,(H,23,24). The van der Waals surface area contributed by atoms with Gasteiger partial charge in [-0.1, -0.05) is 6.07 Å². The first-order chi connectivity index (χ1) is 14.8. The van der Waals surface area contributed by atoms with E-state index in [1.165, 1.54) is 31.4 Å². The summed E-state index contributed by atoms with van der Waals surface area (Å²) in [7, 11) is 1.48. The second-order valence-electron chi connectivity index (χ2n) is 6.47. The Kier molecular flexibility index (Phi) is 8.62. The van der Waals surface area contributed by atoms with Crippen LogP contribution in [0.2, 0.25) is 0 Å². The molecule has 0 aliphatic heterocycles. The highest BCUT2D eigenvalue weighted by Crippen LogP contribution is 2.31. The molecule has 2 aromatic carbocycles. The van der Waals surface area contributed by atoms with Crippen molar-refractivity contribution < 1.29 is 38.6 Å². The molecule has 166 valence electrons. The smallest absolute Gasteiger partial charge is 0.493 e. The minimum Gasteiger partial charge on any atom is -0.493 e. The number of aliphatic carboxylic acids is 1. The number of nitro groups is 1. The van der Waals surface area contributed by atoms with Gasteiger partial charge < -0.3 is 24.1 Å². The number of hydrogen-bond donors (Lipinski definition) is 1. The van der Waals surface area contributed by atoms with Crippen molar-refractivity contribution in [2.24, 2.45) is 0 Å². The van der Waals surface area contributed by atoms with Crippen LogP contribution >= 0.6 is 0 Å². The Bertz CT molecular complexity index is 912. The first kappa shape index (κ1) is 23.5. The molecule has 0 aliphatic carbocycles. The van der Waals surface area contributed by atoms with Crippen LogP contribution in [-0.2, 0) is 9.53 Å². The molecule has 0 saturated heterocycles. The van der Waals surface area contributed by atoms with Crippen molar-refractivity contribution in [3.8, 4) is 17.2 Å². The second-order valence-corrected chi connectivity index (χ2v) is 6.47. The molecule has 0 aliphatic rings. The molecule has 1 N–H and O–H groups in total. The van der Waals surface area contributed by atoms with E-state index in [4.69, 9.17) is 24.1 Å². The quantitative estimate of drug-likeness (QED) is 0.178. The monoisotopic (exact) mass is 433 g/mol. The van der Waals surface area contributed by atoms with Crippen LogP contribution in [0.3, 0.4) is 0 Å². The Labute approximate surface area is 178 Å². The number of benzene rings is 2. The normalized spacial score (nSPS) is 11.3. The van der Waals surface area contributed by atoms with Crippen LogP contribution in [0.25, 0.3) is 0 Å². The summed E-state index contributed by atoms with van der Waals surface area (Å²) >= 11 is 0. The fraction of sp³-hybridized carbons (Fsp3) is 0.333. The van der Waals surface area contributed by atoms with E-state index in [9.17, 15) is 19.7 Å². The van der Waals surface area contributed by atoms with Gasteiger partial charge in [-0.25, -0.2) is 4.79 Å². The number of hydrogen-bond acceptors (Lipinski definition) is 8. The van der Waals surface area contributed by atoms with Gasteiger partial charge in [0.25, 0.3) is 5.69 Å². The molecular formula is C21H23NO9. The Balaban J connectivity index is 1.91. The second kappa shape index (κ2) is 11.4. The van der Waals surface area contributed by atoms with Crippen molar-refractivity contribution in [1.29, 1.82) is 0 Å². The number of methoxy groups -OCH3 is 1. The molecule has 0 amide bonds. The third-order valence-electron chi connectivity index (χ3n) is 4.22. The zero-order valence-corrected chi connectivity index (χ0v) is 17.1. The average Bonchev–Trinajstić information content (AvgIpc) is 2.73. The molecule has 1 unspecified atom stereocenters. The van der Waals surface area contributed by atoms with Gasteiger partial charge in [0.15, 0.2) is 11.5 Å². The van der Waals surface area contributed by atoms with Crippen LogP contribution in [0, 0.1) is 10.1 Å². The van der Waals surface area contributed by atoms with Crippen LogP contribution in [0.15, 0.2) is 42.5 Å². The van der Waals surface area contributed by atoms with Crippen molar-refractivity contribution in [1.82, 2.24) is 0 Å². The lowest BCUT2D eigenvalue weighted by atomic mass is 10.1. The van der Waals surface area contributed by atoms with Gasteiger partial charge in [-0.15, -0.1) is 0 Å². The van der Waals surface area contributed by atoms with Gasteiger partial charge in [0, 0.05) is 18.6 Å². The molecule has 0 radical (unpaired) electrons. The molecule has 31 heavy (non-hydrogen) atoms. The molecule has 2 aromatic rings. The van der Waals surface area contributed by atoms with Crippen molar-refractivity contribution in [3.05, 3.63) is 58.1 Å². The number of non-ortho nitro benzene ring substituents is 1. The molecule has 1 atom stereocenters. The van der Waals surface area contributed by atoms with Gasteiger partial charge in [0.2, 0.25) is 0 Å². The number of nitro benzene ring substituents is 1. The number of ether oxygens (including phenoxy) is 4. The molecular weight excluding hydrogens is 410 g/mol. The number of carboxylic acid groups (broad SMARTS) is 1. The van der Waals surface area contributed by atoms with E-state index < -0.39 is 23.2 Å². The molecule has 0 spiro atoms. The van der Waals surface area contributed by atoms with Crippen LogP contribution in [0.5, 0.6) is 17.2 Å². The van der Waals surface area contributed by atoms with E-state index in [1.807, 2.05) is 0 Å². The van der Waals surface area contributed by atoms with E-state index in [0.717, 1.165) is 0 Å². The third kappa shape index (κ3) is 7.50. The fourth-order valence-electron chi connectivity index (χ4n) is 2.59. The van der Waals surface area contributed by atoms with Crippen molar-refractivity contribution >= 4 is 17.8 Å². The molecule has 0 aromatic heterocycles. The highest BCUT2D eigenvalue weighted by Gasteiger charge is 2.17. The van der Waals surface area contributed by atoms with Crippen molar-refractivity contribution in [2.75, 3.05) is 13.7 Å². The van der Waals surface area contributed by atoms with Gasteiger partial charge in [-0.2, -0.15) is 0 Å². The van der Waals surface area contributed by atoms with Crippen LogP contribution < -0.4 is 14.2 Å². The Morgan fingerprint density at radius 2 is 1.81 bits per heavy atom. The summed E-state index contributed by atoms with van der Waals surface area (Å²) in [4.78, 5) is 32.6. The van der Waals surface area contributed by atoms with Crippen LogP contribution in [-0.4, -0.2) is 35.9 Å². The fourth-order valence-corrected chi connectivity index (χ4v) is 2.59. The highest BCUT2D eigenvalue weighted by atomic mass is 16.7. The van der Waals surface area contributed by atoms with Gasteiger partial charge in [0.05, 0.1) is 18.6 Å². The zero-order chi connectivity index (χ0) is 22.8. The number of rotatable bonds is 11. The molecule has 0 fully saturated rings. The summed E-state index contributed by atoms with van der Waals surface area (Å²) < 4.78 is 21.2. The van der Waals surface area contributed by atoms with Gasteiger partial charge in [-0.3, -0.25) is 14.9 Å². The van der Waals surface area contributed by atoms with E-state index in [0.29, 0.717) is 36.5 Å². The summed E-state index contributed by atoms with van der Waals surface area (Å²) in [5, 5.41) is 19.3. The SMILES string of the molecule is COc1cc(C(C)OC(=O)Oc2ccc([N+](=O)[O-])cc2)ccc1OCCCCC(=O)O. The Morgan fingerprint density at radius 3 is 2.42 bits per heavy atom. The minimum absolute atomic E-state index is 0.0876. The molecule has 0 saturated carbocycles. The number of carboxylic acids is 1. The summed E-state index contributed by atoms with van der Waals surface area (Å²) in [6, 6.07) is 10.1. The number of nitrogens with zero attached hydrogens (tertiary/aromatic N) is 1. The van der Waals surface area contributed by atoms with E-state index in [-0.39, 0.29) is 17.9 Å². The maximum atomic E-state index is 12.0. The lowest BCUT2D eigenvalue weighted by molar-refractivity contribution is -0.384. The zero-order valence-electron chi connectivity index (χ0n) is 17.1. The predicted molar refractivity (Wildman–Crippen MR) is 109 cm³/mol. The van der Waals surface area contributed by atoms with E-state index in [1.54, 1.807) is 25.1 Å². The predicted octanol–water partition coefficient (Wildman–Crippen LogP) is 4.51. The number of unbranched alkanes of at least 4 members (excludes halogenated alkanes) is 1. The van der Waals surface area contributed by atoms with Gasteiger partial charge in [-0.05, 0) is 49.6 Å². The Morgan fingerprint density at radius 1 is 1.10 bits per heavy atom. The summed E-state index contributed by atoms with van der Waals surface area (Å²) in [5.74, 6) is 0.201. The largest absolute Gasteiger partial charge is 0.514 e. The molecule has 0 heterocycles. The highest BCUT2D eigenvalue weighted by molar-refractivity contribution is 5.66. The topological polar surface area (TPSA) is 134 Å². The lowest BCUT2D eigenvalue weighted by Gasteiger charge is -2.16. The number of carbonyl (C=O) groups is 2. The maximum Gasteiger partial charge on any atom is 0.514 e.